The summed E-state index contributed by atoms with van der Waals surface area (Å²) in [7, 11) is 1.65. The molecule has 1 aliphatic rings. The third-order valence-corrected chi connectivity index (χ3v) is 7.31. The monoisotopic (exact) mass is 484 g/mol. The molecule has 0 bridgehead atoms. The summed E-state index contributed by atoms with van der Waals surface area (Å²) < 4.78 is 7.27. The Labute approximate surface area is 206 Å². The van der Waals surface area contributed by atoms with Gasteiger partial charge in [0.25, 0.3) is 11.9 Å². The Kier molecular flexibility index (Phi) is 5.43. The van der Waals surface area contributed by atoms with Crippen LogP contribution in [0, 0.1) is 0 Å². The number of nitrogens with one attached hydrogen (secondary N) is 1. The largest absolute Gasteiger partial charge is 0.496 e. The molecule has 2 aromatic carbocycles. The molecule has 0 unspecified atom stereocenters. The van der Waals surface area contributed by atoms with Crippen molar-refractivity contribution in [3.05, 3.63) is 70.7 Å². The minimum atomic E-state index is -0.213. The molecule has 9 heteroatoms. The van der Waals surface area contributed by atoms with Gasteiger partial charge in [0, 0.05) is 47.1 Å². The van der Waals surface area contributed by atoms with Gasteiger partial charge in [0.2, 0.25) is 4.96 Å². The number of nitrogens with zero attached hydrogens (tertiary/aromatic N) is 5. The molecular weight excluding hydrogens is 460 g/mol. The zero-order valence-corrected chi connectivity index (χ0v) is 20.3. The first-order valence-corrected chi connectivity index (χ1v) is 12.5. The van der Waals surface area contributed by atoms with Gasteiger partial charge in [-0.05, 0) is 24.7 Å². The average molecular weight is 485 g/mol. The summed E-state index contributed by atoms with van der Waals surface area (Å²) in [6, 6.07) is 15.6. The van der Waals surface area contributed by atoms with Crippen LogP contribution in [-0.2, 0) is 13.0 Å². The minimum Gasteiger partial charge on any atom is -0.496 e. The lowest BCUT2D eigenvalue weighted by atomic mass is 9.95. The van der Waals surface area contributed by atoms with Gasteiger partial charge in [0.05, 0.1) is 23.9 Å². The predicted molar refractivity (Wildman–Crippen MR) is 137 cm³/mol. The highest BCUT2D eigenvalue weighted by molar-refractivity contribution is 7.15. The van der Waals surface area contributed by atoms with Crippen molar-refractivity contribution in [1.82, 2.24) is 24.5 Å². The molecular formula is C26H24N6O2S. The van der Waals surface area contributed by atoms with Crippen molar-refractivity contribution in [2.45, 2.75) is 19.9 Å². The molecule has 4 heterocycles. The number of likely N-dealkylation sites (N-methyl/N-ethyl adjacent to an activating group) is 1. The summed E-state index contributed by atoms with van der Waals surface area (Å²) in [5.74, 6) is 0.814. The number of fused-ring (bicyclic) bond motifs is 3. The van der Waals surface area contributed by atoms with Crippen LogP contribution in [0.4, 0.5) is 5.95 Å². The highest BCUT2D eigenvalue weighted by Gasteiger charge is 2.26. The first kappa shape index (κ1) is 21.7. The van der Waals surface area contributed by atoms with Crippen molar-refractivity contribution in [2.24, 2.45) is 0 Å². The second kappa shape index (κ2) is 8.75. The Balaban J connectivity index is 1.40. The Morgan fingerprint density at radius 1 is 1.14 bits per heavy atom. The second-order valence-electron chi connectivity index (χ2n) is 8.45. The topological polar surface area (TPSA) is 84.7 Å². The number of pyridine rings is 1. The van der Waals surface area contributed by atoms with Crippen LogP contribution >= 0.6 is 11.3 Å². The summed E-state index contributed by atoms with van der Waals surface area (Å²) in [4.78, 5) is 26.2. The minimum absolute atomic E-state index is 0.213. The van der Waals surface area contributed by atoms with E-state index in [0.717, 1.165) is 58.7 Å². The van der Waals surface area contributed by atoms with E-state index in [-0.39, 0.29) is 11.9 Å². The number of thiazole rings is 1. The molecule has 176 valence electrons. The number of benzene rings is 2. The van der Waals surface area contributed by atoms with E-state index in [1.54, 1.807) is 11.6 Å². The lowest BCUT2D eigenvalue weighted by molar-refractivity contribution is 0.102. The number of methoxy groups -OCH3 is 1. The molecule has 35 heavy (non-hydrogen) atoms. The van der Waals surface area contributed by atoms with Crippen molar-refractivity contribution in [1.29, 1.82) is 0 Å². The maximum atomic E-state index is 13.7. The fourth-order valence-electron chi connectivity index (χ4n) is 4.72. The zero-order valence-electron chi connectivity index (χ0n) is 19.5. The van der Waals surface area contributed by atoms with Crippen LogP contribution in [0.5, 0.6) is 5.75 Å². The number of anilines is 1. The van der Waals surface area contributed by atoms with Gasteiger partial charge in [0.15, 0.2) is 0 Å². The van der Waals surface area contributed by atoms with Crippen molar-refractivity contribution >= 4 is 39.1 Å². The number of hydrogen-bond acceptors (Lipinski definition) is 7. The predicted octanol–water partition coefficient (Wildman–Crippen LogP) is 4.64. The van der Waals surface area contributed by atoms with E-state index in [0.29, 0.717) is 17.1 Å². The van der Waals surface area contributed by atoms with Crippen LogP contribution < -0.4 is 10.1 Å². The third-order valence-electron chi connectivity index (χ3n) is 6.49. The van der Waals surface area contributed by atoms with E-state index in [1.807, 2.05) is 53.9 Å². The van der Waals surface area contributed by atoms with E-state index < -0.39 is 0 Å². The summed E-state index contributed by atoms with van der Waals surface area (Å²) in [6.07, 6.45) is 0.828. The summed E-state index contributed by atoms with van der Waals surface area (Å²) in [5, 5.41) is 10.4. The zero-order chi connectivity index (χ0) is 23.9. The molecule has 0 fully saturated rings. The molecule has 0 saturated heterocycles. The standard InChI is InChI=1S/C26H24N6O2S/c1-3-31-13-12-20-18(14-31)23(16-8-4-6-10-19(16)27-20)24(33)28-25-29-26-32(30-25)21(15-35-26)17-9-5-7-11-22(17)34-2/h4-11,15H,3,12-14H2,1-2H3,(H,28,30,33). The number of para-hydroxylation sites is 2. The average Bonchev–Trinajstić information content (AvgIpc) is 3.47. The molecule has 0 spiro atoms. The smallest absolute Gasteiger partial charge is 0.259 e. The van der Waals surface area contributed by atoms with Gasteiger partial charge < -0.3 is 4.74 Å². The number of carbonyl (C=O) groups is 1. The first-order valence-electron chi connectivity index (χ1n) is 11.6. The Bertz CT molecular complexity index is 1570. The Morgan fingerprint density at radius 3 is 2.83 bits per heavy atom. The number of hydrogen-bond donors (Lipinski definition) is 1. The number of rotatable bonds is 5. The van der Waals surface area contributed by atoms with Gasteiger partial charge in [-0.3, -0.25) is 20.0 Å². The van der Waals surface area contributed by atoms with Crippen LogP contribution in [0.3, 0.4) is 0 Å². The van der Waals surface area contributed by atoms with Crippen LogP contribution in [0.1, 0.15) is 28.5 Å². The molecule has 0 saturated carbocycles. The number of ether oxygens (including phenoxy) is 1. The van der Waals surface area contributed by atoms with Crippen LogP contribution in [0.2, 0.25) is 0 Å². The fourth-order valence-corrected chi connectivity index (χ4v) is 5.54. The van der Waals surface area contributed by atoms with Crippen LogP contribution in [-0.4, -0.2) is 50.6 Å². The first-order chi connectivity index (χ1) is 17.2. The van der Waals surface area contributed by atoms with Crippen molar-refractivity contribution in [3.8, 4) is 17.0 Å². The van der Waals surface area contributed by atoms with E-state index >= 15 is 0 Å². The quantitative estimate of drug-likeness (QED) is 0.391. The molecule has 5 aromatic rings. The van der Waals surface area contributed by atoms with Gasteiger partial charge in [-0.25, -0.2) is 4.52 Å². The van der Waals surface area contributed by atoms with Crippen LogP contribution in [0.25, 0.3) is 27.1 Å². The molecule has 1 aliphatic heterocycles. The molecule has 1 N–H and O–H groups in total. The van der Waals surface area contributed by atoms with E-state index in [9.17, 15) is 4.79 Å². The second-order valence-corrected chi connectivity index (χ2v) is 9.29. The van der Waals surface area contributed by atoms with Crippen molar-refractivity contribution < 1.29 is 9.53 Å². The third kappa shape index (κ3) is 3.73. The van der Waals surface area contributed by atoms with E-state index in [4.69, 9.17) is 9.72 Å². The number of amides is 1. The van der Waals surface area contributed by atoms with Gasteiger partial charge >= 0.3 is 0 Å². The lowest BCUT2D eigenvalue weighted by Crippen LogP contribution is -2.33. The van der Waals surface area contributed by atoms with Crippen molar-refractivity contribution in [3.63, 3.8) is 0 Å². The maximum Gasteiger partial charge on any atom is 0.259 e. The molecule has 3 aromatic heterocycles. The van der Waals surface area contributed by atoms with Gasteiger partial charge in [-0.15, -0.1) is 16.4 Å². The molecule has 0 atom stereocenters. The summed E-state index contributed by atoms with van der Waals surface area (Å²) >= 11 is 1.47. The number of aromatic nitrogens is 4. The molecule has 8 nitrogen and oxygen atoms in total. The Hall–Kier alpha value is -3.82. The van der Waals surface area contributed by atoms with Crippen molar-refractivity contribution in [2.75, 3.05) is 25.5 Å². The highest BCUT2D eigenvalue weighted by Crippen LogP contribution is 2.33. The lowest BCUT2D eigenvalue weighted by Gasteiger charge is -2.29. The normalized spacial score (nSPS) is 13.8. The maximum absolute atomic E-state index is 13.7. The number of carbonyl (C=O) groups excluding carboxylic acids is 1. The van der Waals surface area contributed by atoms with Gasteiger partial charge in [-0.1, -0.05) is 37.3 Å². The van der Waals surface area contributed by atoms with E-state index in [1.165, 1.54) is 11.3 Å². The Morgan fingerprint density at radius 2 is 1.97 bits per heavy atom. The summed E-state index contributed by atoms with van der Waals surface area (Å²) in [5.41, 5.74) is 5.25. The van der Waals surface area contributed by atoms with E-state index in [2.05, 4.69) is 27.2 Å². The summed E-state index contributed by atoms with van der Waals surface area (Å²) in [6.45, 7) is 4.72. The van der Waals surface area contributed by atoms with Gasteiger partial charge in [-0.2, -0.15) is 4.98 Å². The van der Waals surface area contributed by atoms with Crippen LogP contribution in [0.15, 0.2) is 53.9 Å². The molecule has 0 aliphatic carbocycles. The SMILES string of the molecule is CCN1CCc2nc3ccccc3c(C(=O)Nc3nc4scc(-c5ccccc5OC)n4n3)c2C1. The molecule has 0 radical (unpaired) electrons. The molecule has 6 rings (SSSR count). The molecule has 1 amide bonds. The van der Waals surface area contributed by atoms with Gasteiger partial charge in [0.1, 0.15) is 5.75 Å². The fraction of sp³-hybridized carbons (Fsp3) is 0.231. The highest BCUT2D eigenvalue weighted by atomic mass is 32.1.